The SMILES string of the molecule is CC(C)(C)[Si](OCC[C@@H](CO[N+](=O)[O-])O[N+](=O)[O-])(c1ccccc1)c1ccccc1. The van der Waals surface area contributed by atoms with Gasteiger partial charge in [-0.05, 0) is 21.8 Å². The van der Waals surface area contributed by atoms with Gasteiger partial charge in [-0.25, -0.2) is 0 Å². The monoisotopic (exact) mass is 434 g/mol. The predicted molar refractivity (Wildman–Crippen MR) is 113 cm³/mol. The normalized spacial score (nSPS) is 12.8. The van der Waals surface area contributed by atoms with Gasteiger partial charge in [-0.1, -0.05) is 81.4 Å². The largest absolute Gasteiger partial charge is 0.407 e. The Morgan fingerprint density at radius 1 is 0.900 bits per heavy atom. The lowest BCUT2D eigenvalue weighted by molar-refractivity contribution is -0.790. The maximum Gasteiger partial charge on any atom is 0.294 e. The minimum atomic E-state index is -2.80. The van der Waals surface area contributed by atoms with Crippen molar-refractivity contribution in [2.45, 2.75) is 38.3 Å². The molecule has 162 valence electrons. The van der Waals surface area contributed by atoms with Gasteiger partial charge in [0.1, 0.15) is 12.7 Å². The Labute approximate surface area is 175 Å². The molecule has 0 spiro atoms. The van der Waals surface area contributed by atoms with Gasteiger partial charge in [-0.3, -0.25) is 0 Å². The molecule has 0 bridgehead atoms. The van der Waals surface area contributed by atoms with Crippen LogP contribution in [0, 0.1) is 20.2 Å². The highest BCUT2D eigenvalue weighted by Crippen LogP contribution is 2.36. The van der Waals surface area contributed by atoms with Gasteiger partial charge in [-0.2, -0.15) is 0 Å². The number of rotatable bonds is 11. The molecule has 2 aromatic rings. The quantitative estimate of drug-likeness (QED) is 0.303. The number of nitrogens with zero attached hydrogens (tertiary/aromatic N) is 2. The Morgan fingerprint density at radius 2 is 1.40 bits per heavy atom. The number of hydrogen-bond donors (Lipinski definition) is 0. The van der Waals surface area contributed by atoms with Crippen LogP contribution >= 0.6 is 0 Å². The molecular weight excluding hydrogens is 408 g/mol. The van der Waals surface area contributed by atoms with Crippen LogP contribution in [0.4, 0.5) is 0 Å². The van der Waals surface area contributed by atoms with Crippen LogP contribution in [-0.2, 0) is 14.1 Å². The molecule has 0 aliphatic carbocycles. The van der Waals surface area contributed by atoms with Crippen LogP contribution in [-0.4, -0.2) is 37.8 Å². The minimum Gasteiger partial charge on any atom is -0.407 e. The molecule has 0 aliphatic rings. The lowest BCUT2D eigenvalue weighted by Crippen LogP contribution is -2.66. The summed E-state index contributed by atoms with van der Waals surface area (Å²) in [6, 6.07) is 19.8. The molecule has 0 N–H and O–H groups in total. The van der Waals surface area contributed by atoms with Crippen LogP contribution < -0.4 is 10.4 Å². The second-order valence-electron chi connectivity index (χ2n) is 7.77. The highest BCUT2D eigenvalue weighted by molar-refractivity contribution is 6.99. The minimum absolute atomic E-state index is 0.0688. The third-order valence-electron chi connectivity index (χ3n) is 4.78. The second kappa shape index (κ2) is 10.2. The second-order valence-corrected chi connectivity index (χ2v) is 12.1. The Kier molecular flexibility index (Phi) is 7.90. The van der Waals surface area contributed by atoms with Gasteiger partial charge in [0.05, 0.1) is 0 Å². The van der Waals surface area contributed by atoms with Gasteiger partial charge in [0.15, 0.2) is 0 Å². The van der Waals surface area contributed by atoms with Gasteiger partial charge in [0.25, 0.3) is 18.5 Å². The lowest BCUT2D eigenvalue weighted by atomic mass is 10.2. The van der Waals surface area contributed by atoms with Crippen molar-refractivity contribution in [3.8, 4) is 0 Å². The van der Waals surface area contributed by atoms with E-state index in [1.165, 1.54) is 0 Å². The van der Waals surface area contributed by atoms with Crippen molar-refractivity contribution >= 4 is 18.7 Å². The first-order chi connectivity index (χ1) is 14.2. The van der Waals surface area contributed by atoms with Crippen LogP contribution in [0.25, 0.3) is 0 Å². The predicted octanol–water partition coefficient (Wildman–Crippen LogP) is 2.74. The van der Waals surface area contributed by atoms with Crippen LogP contribution in [0.3, 0.4) is 0 Å². The zero-order valence-corrected chi connectivity index (χ0v) is 18.2. The summed E-state index contributed by atoms with van der Waals surface area (Å²) in [7, 11) is -2.80. The van der Waals surface area contributed by atoms with Crippen LogP contribution in [0.1, 0.15) is 27.2 Å². The zero-order chi connectivity index (χ0) is 22.2. The molecule has 0 radical (unpaired) electrons. The molecular formula is C20H26N2O7Si. The molecule has 2 rings (SSSR count). The van der Waals surface area contributed by atoms with E-state index in [4.69, 9.17) is 4.43 Å². The fourth-order valence-electron chi connectivity index (χ4n) is 3.54. The molecule has 0 aromatic heterocycles. The summed E-state index contributed by atoms with van der Waals surface area (Å²) in [6.07, 6.45) is -1.04. The molecule has 0 fully saturated rings. The highest BCUT2D eigenvalue weighted by Gasteiger charge is 2.50. The molecule has 0 unspecified atom stereocenters. The first kappa shape index (κ1) is 23.3. The summed E-state index contributed by atoms with van der Waals surface area (Å²) in [4.78, 5) is 30.0. The average molecular weight is 435 g/mol. The van der Waals surface area contributed by atoms with Crippen LogP contribution in [0.15, 0.2) is 60.7 Å². The lowest BCUT2D eigenvalue weighted by Gasteiger charge is -2.43. The fraction of sp³-hybridized carbons (Fsp3) is 0.400. The summed E-state index contributed by atoms with van der Waals surface area (Å²) in [5.41, 5.74) is 0. The van der Waals surface area contributed by atoms with E-state index in [0.29, 0.717) is 0 Å². The third kappa shape index (κ3) is 5.77. The molecule has 0 saturated heterocycles. The average Bonchev–Trinajstić information content (AvgIpc) is 2.69. The number of benzene rings is 2. The van der Waals surface area contributed by atoms with Crippen molar-refractivity contribution in [1.29, 1.82) is 0 Å². The smallest absolute Gasteiger partial charge is 0.294 e. The third-order valence-corrected chi connectivity index (χ3v) is 9.82. The zero-order valence-electron chi connectivity index (χ0n) is 17.2. The van der Waals surface area contributed by atoms with E-state index in [2.05, 4.69) is 30.4 Å². The maximum absolute atomic E-state index is 10.7. The first-order valence-corrected chi connectivity index (χ1v) is 11.4. The Bertz CT molecular complexity index is 789. The molecule has 0 saturated carbocycles. The Balaban J connectivity index is 2.33. The van der Waals surface area contributed by atoms with E-state index < -0.39 is 31.2 Å². The fourth-order valence-corrected chi connectivity index (χ4v) is 8.12. The topological polar surface area (TPSA) is 114 Å². The van der Waals surface area contributed by atoms with Crippen molar-refractivity contribution in [1.82, 2.24) is 0 Å². The van der Waals surface area contributed by atoms with Gasteiger partial charge >= 0.3 is 0 Å². The number of hydrogen-bond acceptors (Lipinski definition) is 7. The summed E-state index contributed by atoms with van der Waals surface area (Å²) in [5, 5.41) is 21.1. The van der Waals surface area contributed by atoms with E-state index in [1.54, 1.807) is 0 Å². The van der Waals surface area contributed by atoms with E-state index in [-0.39, 0.29) is 18.1 Å². The molecule has 9 nitrogen and oxygen atoms in total. The van der Waals surface area contributed by atoms with Gasteiger partial charge in [0, 0.05) is 6.61 Å². The summed E-state index contributed by atoms with van der Waals surface area (Å²) >= 11 is 0. The van der Waals surface area contributed by atoms with Crippen molar-refractivity contribution < 1.29 is 24.3 Å². The van der Waals surface area contributed by atoms with E-state index in [9.17, 15) is 20.2 Å². The molecule has 1 atom stereocenters. The van der Waals surface area contributed by atoms with Crippen molar-refractivity contribution in [2.75, 3.05) is 13.2 Å². The van der Waals surface area contributed by atoms with Crippen molar-refractivity contribution in [3.63, 3.8) is 0 Å². The van der Waals surface area contributed by atoms with E-state index in [0.717, 1.165) is 10.4 Å². The standard InChI is InChI=1S/C20H26N2O7Si/c1-20(2,3)30(18-10-6-4-7-11-18,19-12-8-5-9-13-19)28-15-14-17(29-22(25)26)16-27-21(23)24/h4-13,17H,14-16H2,1-3H3/t17-/m0/s1. The van der Waals surface area contributed by atoms with Gasteiger partial charge in [0.2, 0.25) is 0 Å². The molecule has 2 aromatic carbocycles. The molecule has 10 heteroatoms. The molecule has 30 heavy (non-hydrogen) atoms. The highest BCUT2D eigenvalue weighted by atomic mass is 28.4. The van der Waals surface area contributed by atoms with E-state index in [1.807, 2.05) is 60.7 Å². The molecule has 0 amide bonds. The van der Waals surface area contributed by atoms with Crippen LogP contribution in [0.2, 0.25) is 5.04 Å². The first-order valence-electron chi connectivity index (χ1n) is 9.50. The van der Waals surface area contributed by atoms with Gasteiger partial charge < -0.3 is 14.1 Å². The Morgan fingerprint density at radius 3 is 1.80 bits per heavy atom. The molecule has 0 heterocycles. The summed E-state index contributed by atoms with van der Waals surface area (Å²) in [6.45, 7) is 5.91. The summed E-state index contributed by atoms with van der Waals surface area (Å²) in [5.74, 6) is 0. The summed E-state index contributed by atoms with van der Waals surface area (Å²) < 4.78 is 6.60. The van der Waals surface area contributed by atoms with Gasteiger partial charge in [-0.15, -0.1) is 20.2 Å². The Hall–Kier alpha value is -2.98. The maximum atomic E-state index is 10.7. The van der Waals surface area contributed by atoms with Crippen LogP contribution in [0.5, 0.6) is 0 Å². The van der Waals surface area contributed by atoms with E-state index >= 15 is 0 Å². The van der Waals surface area contributed by atoms with Crippen molar-refractivity contribution in [3.05, 3.63) is 80.9 Å². The van der Waals surface area contributed by atoms with Crippen molar-refractivity contribution in [2.24, 2.45) is 0 Å². The molecule has 0 aliphatic heterocycles.